The van der Waals surface area contributed by atoms with Crippen LogP contribution in [0, 0.1) is 18.3 Å². The summed E-state index contributed by atoms with van der Waals surface area (Å²) in [7, 11) is 0. The van der Waals surface area contributed by atoms with Crippen LogP contribution >= 0.6 is 0 Å². The lowest BCUT2D eigenvalue weighted by Gasteiger charge is -2.21. The quantitative estimate of drug-likeness (QED) is 0.760. The molecular weight excluding hydrogens is 234 g/mol. The first-order valence-corrected chi connectivity index (χ1v) is 7.05. The lowest BCUT2D eigenvalue weighted by molar-refractivity contribution is 0.588. The van der Waals surface area contributed by atoms with E-state index in [9.17, 15) is 0 Å². The molecule has 2 rings (SSSR count). The maximum absolute atomic E-state index is 5.47. The molecule has 0 saturated heterocycles. The Kier molecular flexibility index (Phi) is 4.81. The van der Waals surface area contributed by atoms with Gasteiger partial charge in [0.05, 0.1) is 6.54 Å². The molecule has 102 valence electrons. The van der Waals surface area contributed by atoms with E-state index in [4.69, 9.17) is 6.42 Å². The number of hydrogen-bond acceptors (Lipinski definition) is 3. The zero-order valence-electron chi connectivity index (χ0n) is 11.9. The Morgan fingerprint density at radius 3 is 2.95 bits per heavy atom. The molecule has 0 atom stereocenters. The fourth-order valence-corrected chi connectivity index (χ4v) is 2.03. The summed E-state index contributed by atoms with van der Waals surface area (Å²) >= 11 is 0. The Morgan fingerprint density at radius 1 is 1.53 bits per heavy atom. The van der Waals surface area contributed by atoms with Gasteiger partial charge >= 0.3 is 0 Å². The van der Waals surface area contributed by atoms with Crippen LogP contribution in [0.25, 0.3) is 0 Å². The van der Waals surface area contributed by atoms with Crippen LogP contribution < -0.4 is 10.2 Å². The van der Waals surface area contributed by atoms with Gasteiger partial charge in [-0.25, -0.2) is 4.98 Å². The van der Waals surface area contributed by atoms with E-state index in [1.165, 1.54) is 18.4 Å². The third-order valence-electron chi connectivity index (χ3n) is 3.31. The van der Waals surface area contributed by atoms with Crippen molar-refractivity contribution in [3.8, 4) is 12.3 Å². The highest BCUT2D eigenvalue weighted by molar-refractivity contribution is 5.42. The number of nitrogens with zero attached hydrogens (tertiary/aromatic N) is 2. The molecule has 0 amide bonds. The van der Waals surface area contributed by atoms with E-state index in [1.54, 1.807) is 0 Å². The predicted octanol–water partition coefficient (Wildman–Crippen LogP) is 2.43. The predicted molar refractivity (Wildman–Crippen MR) is 80.0 cm³/mol. The molecule has 0 aromatic carbocycles. The summed E-state index contributed by atoms with van der Waals surface area (Å²) in [5.41, 5.74) is 1.26. The van der Waals surface area contributed by atoms with E-state index in [0.29, 0.717) is 12.6 Å². The van der Waals surface area contributed by atoms with Crippen molar-refractivity contribution in [3.05, 3.63) is 23.9 Å². The van der Waals surface area contributed by atoms with Crippen molar-refractivity contribution in [3.63, 3.8) is 0 Å². The van der Waals surface area contributed by atoms with E-state index >= 15 is 0 Å². The monoisotopic (exact) mass is 257 g/mol. The molecule has 3 heteroatoms. The second-order valence-corrected chi connectivity index (χ2v) is 5.59. The van der Waals surface area contributed by atoms with Crippen molar-refractivity contribution in [2.75, 3.05) is 18.0 Å². The molecule has 1 heterocycles. The number of anilines is 1. The zero-order chi connectivity index (χ0) is 13.7. The lowest BCUT2D eigenvalue weighted by atomic mass is 10.2. The molecule has 0 unspecified atom stereocenters. The van der Waals surface area contributed by atoms with Crippen molar-refractivity contribution < 1.29 is 0 Å². The minimum Gasteiger partial charge on any atom is -0.345 e. The number of rotatable bonds is 7. The van der Waals surface area contributed by atoms with Gasteiger partial charge in [0.2, 0.25) is 0 Å². The largest absolute Gasteiger partial charge is 0.345 e. The van der Waals surface area contributed by atoms with Gasteiger partial charge in [0.25, 0.3) is 0 Å². The van der Waals surface area contributed by atoms with E-state index in [-0.39, 0.29) is 0 Å². The minimum absolute atomic E-state index is 0.491. The highest BCUT2D eigenvalue weighted by atomic mass is 15.2. The number of terminal acetylenes is 1. The Labute approximate surface area is 116 Å². The molecule has 1 aromatic heterocycles. The molecule has 0 spiro atoms. The SMILES string of the molecule is C#CCN(CC1CC1)c1cc(CNC(C)C)ccn1. The average Bonchev–Trinajstić information content (AvgIpc) is 3.20. The normalized spacial score (nSPS) is 14.4. The number of pyridine rings is 1. The van der Waals surface area contributed by atoms with Crippen LogP contribution in [0.4, 0.5) is 5.82 Å². The smallest absolute Gasteiger partial charge is 0.129 e. The Bertz CT molecular complexity index is 444. The van der Waals surface area contributed by atoms with Gasteiger partial charge in [-0.1, -0.05) is 19.8 Å². The van der Waals surface area contributed by atoms with Gasteiger partial charge < -0.3 is 10.2 Å². The first-order chi connectivity index (χ1) is 9.19. The van der Waals surface area contributed by atoms with Crippen molar-refractivity contribution in [2.24, 2.45) is 5.92 Å². The summed E-state index contributed by atoms with van der Waals surface area (Å²) in [5, 5.41) is 3.43. The topological polar surface area (TPSA) is 28.2 Å². The van der Waals surface area contributed by atoms with E-state index < -0.39 is 0 Å². The van der Waals surface area contributed by atoms with E-state index in [0.717, 1.165) is 24.8 Å². The third-order valence-corrected chi connectivity index (χ3v) is 3.31. The molecule has 1 aliphatic rings. The molecular formula is C16H23N3. The molecule has 0 radical (unpaired) electrons. The highest BCUT2D eigenvalue weighted by Crippen LogP contribution is 2.30. The van der Waals surface area contributed by atoms with E-state index in [1.807, 2.05) is 6.20 Å². The molecule has 3 nitrogen and oxygen atoms in total. The molecule has 0 aliphatic heterocycles. The average molecular weight is 257 g/mol. The second kappa shape index (κ2) is 6.58. The minimum atomic E-state index is 0.491. The van der Waals surface area contributed by atoms with Crippen LogP contribution in [0.5, 0.6) is 0 Å². The zero-order valence-corrected chi connectivity index (χ0v) is 11.9. The van der Waals surface area contributed by atoms with Crippen LogP contribution in [-0.2, 0) is 6.54 Å². The maximum atomic E-state index is 5.47. The molecule has 1 fully saturated rings. The molecule has 1 saturated carbocycles. The van der Waals surface area contributed by atoms with Gasteiger partial charge in [-0.3, -0.25) is 0 Å². The second-order valence-electron chi connectivity index (χ2n) is 5.59. The Morgan fingerprint density at radius 2 is 2.32 bits per heavy atom. The molecule has 1 aliphatic carbocycles. The summed E-state index contributed by atoms with van der Waals surface area (Å²) in [6, 6.07) is 4.70. The van der Waals surface area contributed by atoms with Crippen LogP contribution in [0.1, 0.15) is 32.3 Å². The highest BCUT2D eigenvalue weighted by Gasteiger charge is 2.24. The summed E-state index contributed by atoms with van der Waals surface area (Å²) in [6.07, 6.45) is 10.0. The maximum Gasteiger partial charge on any atom is 0.129 e. The Hall–Kier alpha value is -1.53. The molecule has 1 aromatic rings. The van der Waals surface area contributed by atoms with Crippen molar-refractivity contribution in [2.45, 2.75) is 39.3 Å². The van der Waals surface area contributed by atoms with Crippen molar-refractivity contribution in [1.82, 2.24) is 10.3 Å². The van der Waals surface area contributed by atoms with Gasteiger partial charge in [-0.15, -0.1) is 6.42 Å². The van der Waals surface area contributed by atoms with Gasteiger partial charge in [0.15, 0.2) is 0 Å². The first-order valence-electron chi connectivity index (χ1n) is 7.05. The summed E-state index contributed by atoms with van der Waals surface area (Å²) in [5.74, 6) is 4.56. The van der Waals surface area contributed by atoms with Crippen LogP contribution in [0.15, 0.2) is 18.3 Å². The van der Waals surface area contributed by atoms with Crippen molar-refractivity contribution in [1.29, 1.82) is 0 Å². The van der Waals surface area contributed by atoms with E-state index in [2.05, 4.69) is 47.1 Å². The third kappa shape index (κ3) is 4.57. The van der Waals surface area contributed by atoms with Crippen LogP contribution in [0.3, 0.4) is 0 Å². The summed E-state index contributed by atoms with van der Waals surface area (Å²) in [4.78, 5) is 6.69. The summed E-state index contributed by atoms with van der Waals surface area (Å²) in [6.45, 7) is 6.86. The summed E-state index contributed by atoms with van der Waals surface area (Å²) < 4.78 is 0. The lowest BCUT2D eigenvalue weighted by Crippen LogP contribution is -2.27. The van der Waals surface area contributed by atoms with Gasteiger partial charge in [0, 0.05) is 25.3 Å². The van der Waals surface area contributed by atoms with Gasteiger partial charge in [-0.05, 0) is 36.5 Å². The van der Waals surface area contributed by atoms with Crippen molar-refractivity contribution >= 4 is 5.82 Å². The molecule has 0 bridgehead atoms. The van der Waals surface area contributed by atoms with Gasteiger partial charge in [-0.2, -0.15) is 0 Å². The molecule has 19 heavy (non-hydrogen) atoms. The standard InChI is InChI=1S/C16H23N3/c1-4-9-19(12-14-5-6-14)16-10-15(7-8-17-16)11-18-13(2)3/h1,7-8,10,13-14,18H,5-6,9,11-12H2,2-3H3. The fraction of sp³-hybridized carbons (Fsp3) is 0.562. The first kappa shape index (κ1) is 13.9. The Balaban J connectivity index is 2.03. The van der Waals surface area contributed by atoms with Crippen LogP contribution in [-0.4, -0.2) is 24.1 Å². The fourth-order valence-electron chi connectivity index (χ4n) is 2.03. The van der Waals surface area contributed by atoms with Crippen LogP contribution in [0.2, 0.25) is 0 Å². The van der Waals surface area contributed by atoms with Gasteiger partial charge in [0.1, 0.15) is 5.82 Å². The number of nitrogens with one attached hydrogen (secondary N) is 1. The number of aromatic nitrogens is 1. The molecule has 1 N–H and O–H groups in total. The number of hydrogen-bond donors (Lipinski definition) is 1.